The number of nitrogens with one attached hydrogen (secondary N) is 2. The lowest BCUT2D eigenvalue weighted by Crippen LogP contribution is -2.18. The number of aromatic nitrogens is 2. The third kappa shape index (κ3) is 3.33. The zero-order chi connectivity index (χ0) is 14.8. The van der Waals surface area contributed by atoms with Gasteiger partial charge in [-0.15, -0.1) is 11.3 Å². The molecule has 2 heterocycles. The van der Waals surface area contributed by atoms with Crippen molar-refractivity contribution < 1.29 is 4.79 Å². The maximum Gasteiger partial charge on any atom is 0.291 e. The zero-order valence-electron chi connectivity index (χ0n) is 12.0. The van der Waals surface area contributed by atoms with Gasteiger partial charge in [-0.05, 0) is 30.0 Å². The molecule has 0 aliphatic rings. The van der Waals surface area contributed by atoms with E-state index in [4.69, 9.17) is 0 Å². The van der Waals surface area contributed by atoms with Gasteiger partial charge in [0.05, 0.1) is 6.21 Å². The van der Waals surface area contributed by atoms with Crippen LogP contribution in [-0.2, 0) is 5.41 Å². The fourth-order valence-electron chi connectivity index (χ4n) is 1.55. The second kappa shape index (κ2) is 5.58. The van der Waals surface area contributed by atoms with Crippen LogP contribution < -0.4 is 5.43 Å². The second-order valence-electron chi connectivity index (χ2n) is 5.58. The first kappa shape index (κ1) is 14.5. The summed E-state index contributed by atoms with van der Waals surface area (Å²) in [5.41, 5.74) is 4.82. The molecule has 0 atom stereocenters. The van der Waals surface area contributed by atoms with Crippen LogP contribution in [0.1, 0.15) is 47.4 Å². The smallest absolute Gasteiger partial charge is 0.281 e. The minimum absolute atomic E-state index is 0.0666. The summed E-state index contributed by atoms with van der Waals surface area (Å²) in [5, 5.41) is 12.8. The van der Waals surface area contributed by atoms with E-state index in [0.717, 1.165) is 16.1 Å². The Bertz CT molecular complexity index is 634. The minimum atomic E-state index is -0.317. The molecule has 106 valence electrons. The quantitative estimate of drug-likeness (QED) is 0.674. The van der Waals surface area contributed by atoms with Crippen LogP contribution >= 0.6 is 11.3 Å². The topological polar surface area (TPSA) is 70.1 Å². The van der Waals surface area contributed by atoms with Crippen molar-refractivity contribution in [2.24, 2.45) is 5.10 Å². The van der Waals surface area contributed by atoms with Gasteiger partial charge in [0.25, 0.3) is 5.91 Å². The number of aryl methyl sites for hydroxylation is 1. The zero-order valence-corrected chi connectivity index (χ0v) is 12.8. The molecule has 0 radical (unpaired) electrons. The van der Waals surface area contributed by atoms with Gasteiger partial charge in [-0.2, -0.15) is 10.2 Å². The molecular weight excluding hydrogens is 272 g/mol. The maximum absolute atomic E-state index is 11.9. The van der Waals surface area contributed by atoms with E-state index < -0.39 is 0 Å². The third-order valence-electron chi connectivity index (χ3n) is 2.87. The summed E-state index contributed by atoms with van der Waals surface area (Å²) in [6.07, 6.45) is 1.65. The van der Waals surface area contributed by atoms with Crippen LogP contribution in [0.2, 0.25) is 0 Å². The average Bonchev–Trinajstić information content (AvgIpc) is 2.98. The Morgan fingerprint density at radius 3 is 2.80 bits per heavy atom. The molecule has 0 aromatic carbocycles. The molecule has 5 nitrogen and oxygen atoms in total. The summed E-state index contributed by atoms with van der Waals surface area (Å²) < 4.78 is 0. The van der Waals surface area contributed by atoms with E-state index in [1.165, 1.54) is 0 Å². The number of hydrogen-bond acceptors (Lipinski definition) is 4. The number of rotatable bonds is 3. The lowest BCUT2D eigenvalue weighted by molar-refractivity contribution is 0.0950. The predicted octanol–water partition coefficient (Wildman–Crippen LogP) is 2.84. The van der Waals surface area contributed by atoms with E-state index in [-0.39, 0.29) is 11.3 Å². The van der Waals surface area contributed by atoms with Crippen LogP contribution in [0.25, 0.3) is 0 Å². The average molecular weight is 290 g/mol. The van der Waals surface area contributed by atoms with Crippen molar-refractivity contribution in [3.05, 3.63) is 39.3 Å². The highest BCUT2D eigenvalue weighted by atomic mass is 32.1. The van der Waals surface area contributed by atoms with Crippen molar-refractivity contribution in [3.63, 3.8) is 0 Å². The van der Waals surface area contributed by atoms with Crippen molar-refractivity contribution in [1.82, 2.24) is 15.6 Å². The summed E-state index contributed by atoms with van der Waals surface area (Å²) in [6.45, 7) is 8.17. The Hall–Kier alpha value is -1.95. The van der Waals surface area contributed by atoms with Gasteiger partial charge in [0.15, 0.2) is 5.69 Å². The van der Waals surface area contributed by atoms with E-state index in [0.29, 0.717) is 5.69 Å². The fraction of sp³-hybridized carbons (Fsp3) is 0.357. The summed E-state index contributed by atoms with van der Waals surface area (Å²) in [4.78, 5) is 12.9. The number of aromatic amines is 1. The number of hydrazone groups is 1. The third-order valence-corrected chi connectivity index (χ3v) is 3.82. The highest BCUT2D eigenvalue weighted by molar-refractivity contribution is 7.11. The first-order valence-corrected chi connectivity index (χ1v) is 7.19. The van der Waals surface area contributed by atoms with Gasteiger partial charge in [-0.25, -0.2) is 5.43 Å². The molecule has 6 heteroatoms. The molecular formula is C14H18N4OS. The van der Waals surface area contributed by atoms with Crippen LogP contribution in [0.15, 0.2) is 22.6 Å². The summed E-state index contributed by atoms with van der Waals surface area (Å²) in [6, 6.07) is 3.76. The molecule has 2 aromatic heterocycles. The number of H-pyrrole nitrogens is 1. The van der Waals surface area contributed by atoms with E-state index in [1.807, 2.05) is 18.4 Å². The molecule has 2 N–H and O–H groups in total. The van der Waals surface area contributed by atoms with Crippen molar-refractivity contribution in [2.75, 3.05) is 0 Å². The van der Waals surface area contributed by atoms with Crippen molar-refractivity contribution >= 4 is 23.5 Å². The Morgan fingerprint density at radius 1 is 1.50 bits per heavy atom. The van der Waals surface area contributed by atoms with Gasteiger partial charge < -0.3 is 0 Å². The number of carbonyl (C=O) groups is 1. The normalized spacial score (nSPS) is 12.0. The predicted molar refractivity (Wildman–Crippen MR) is 81.4 cm³/mol. The van der Waals surface area contributed by atoms with Crippen LogP contribution in [0.3, 0.4) is 0 Å². The van der Waals surface area contributed by atoms with Crippen LogP contribution in [0.5, 0.6) is 0 Å². The molecule has 1 amide bonds. The summed E-state index contributed by atoms with van der Waals surface area (Å²) in [7, 11) is 0. The highest BCUT2D eigenvalue weighted by Crippen LogP contribution is 2.20. The lowest BCUT2D eigenvalue weighted by atomic mass is 9.92. The molecule has 0 unspecified atom stereocenters. The van der Waals surface area contributed by atoms with Crippen LogP contribution in [-0.4, -0.2) is 22.3 Å². The van der Waals surface area contributed by atoms with Crippen molar-refractivity contribution in [3.8, 4) is 0 Å². The minimum Gasteiger partial charge on any atom is -0.281 e. The molecule has 2 rings (SSSR count). The van der Waals surface area contributed by atoms with E-state index in [2.05, 4.69) is 41.5 Å². The molecule has 0 saturated carbocycles. The number of thiophene rings is 1. The maximum atomic E-state index is 11.9. The second-order valence-corrected chi connectivity index (χ2v) is 6.53. The number of hydrogen-bond donors (Lipinski definition) is 2. The number of amides is 1. The van der Waals surface area contributed by atoms with E-state index >= 15 is 0 Å². The molecule has 0 aliphatic carbocycles. The van der Waals surface area contributed by atoms with Crippen LogP contribution in [0, 0.1) is 6.92 Å². The summed E-state index contributed by atoms with van der Waals surface area (Å²) >= 11 is 1.58. The molecule has 0 saturated heterocycles. The first-order chi connectivity index (χ1) is 9.38. The molecule has 0 fully saturated rings. The fourth-order valence-corrected chi connectivity index (χ4v) is 2.33. The molecule has 0 bridgehead atoms. The van der Waals surface area contributed by atoms with Gasteiger partial charge in [0.1, 0.15) is 0 Å². The SMILES string of the molecule is Cc1ccsc1/C=N\NC(=O)c1cc(C(C)(C)C)[nH]n1. The standard InChI is InChI=1S/C14H18N4OS/c1-9-5-6-20-11(9)8-15-18-13(19)10-7-12(17-16-10)14(2,3)4/h5-8H,1-4H3,(H,16,17)(H,18,19)/b15-8-. The van der Waals surface area contributed by atoms with Crippen molar-refractivity contribution in [2.45, 2.75) is 33.1 Å². The highest BCUT2D eigenvalue weighted by Gasteiger charge is 2.19. The Labute approximate surface area is 122 Å². The Morgan fingerprint density at radius 2 is 2.25 bits per heavy atom. The first-order valence-electron chi connectivity index (χ1n) is 6.31. The van der Waals surface area contributed by atoms with Gasteiger partial charge in [-0.1, -0.05) is 20.8 Å². The van der Waals surface area contributed by atoms with E-state index in [9.17, 15) is 4.79 Å². The van der Waals surface area contributed by atoms with Gasteiger partial charge in [-0.3, -0.25) is 9.89 Å². The lowest BCUT2D eigenvalue weighted by Gasteiger charge is -2.14. The van der Waals surface area contributed by atoms with Gasteiger partial charge in [0.2, 0.25) is 0 Å². The number of nitrogens with zero attached hydrogens (tertiary/aromatic N) is 2. The van der Waals surface area contributed by atoms with Crippen molar-refractivity contribution in [1.29, 1.82) is 0 Å². The van der Waals surface area contributed by atoms with Gasteiger partial charge >= 0.3 is 0 Å². The summed E-state index contributed by atoms with van der Waals surface area (Å²) in [5.74, 6) is -0.317. The molecule has 0 spiro atoms. The van der Waals surface area contributed by atoms with Gasteiger partial charge in [0, 0.05) is 16.0 Å². The molecule has 2 aromatic rings. The monoisotopic (exact) mass is 290 g/mol. The molecule has 20 heavy (non-hydrogen) atoms. The Kier molecular flexibility index (Phi) is 4.04. The van der Waals surface area contributed by atoms with E-state index in [1.54, 1.807) is 23.6 Å². The van der Waals surface area contributed by atoms with Crippen LogP contribution in [0.4, 0.5) is 0 Å². The largest absolute Gasteiger partial charge is 0.291 e. The number of carbonyl (C=O) groups excluding carboxylic acids is 1. The Balaban J connectivity index is 2.01. The molecule has 0 aliphatic heterocycles.